The fourth-order valence-corrected chi connectivity index (χ4v) is 5.24. The van der Waals surface area contributed by atoms with Crippen LogP contribution in [-0.4, -0.2) is 50.8 Å². The molecule has 1 fully saturated rings. The summed E-state index contributed by atoms with van der Waals surface area (Å²) in [6, 6.07) is 27.4. The second-order valence-electron chi connectivity index (χ2n) is 9.22. The maximum absolute atomic E-state index is 6.19. The molecule has 0 N–H and O–H groups in total. The third kappa shape index (κ3) is 4.34. The van der Waals surface area contributed by atoms with Gasteiger partial charge in [0.2, 0.25) is 0 Å². The number of anilines is 1. The van der Waals surface area contributed by atoms with Crippen LogP contribution in [-0.2, 0) is 0 Å². The van der Waals surface area contributed by atoms with Crippen molar-refractivity contribution in [3.63, 3.8) is 0 Å². The first-order valence-corrected chi connectivity index (χ1v) is 12.6. The Hall–Kier alpha value is -3.74. The molecule has 7 heteroatoms. The zero-order chi connectivity index (χ0) is 24.5. The van der Waals surface area contributed by atoms with E-state index in [1.807, 2.05) is 29.1 Å². The van der Waals surface area contributed by atoms with Crippen molar-refractivity contribution in [3.8, 4) is 5.69 Å². The molecular formula is C29H27ClN6. The lowest BCUT2D eigenvalue weighted by molar-refractivity contribution is 0.212. The molecule has 0 radical (unpaired) electrons. The number of benzene rings is 3. The van der Waals surface area contributed by atoms with E-state index in [0.717, 1.165) is 53.7 Å². The lowest BCUT2D eigenvalue weighted by atomic mass is 9.96. The summed E-state index contributed by atoms with van der Waals surface area (Å²) >= 11 is 6.19. The first-order valence-electron chi connectivity index (χ1n) is 12.2. The van der Waals surface area contributed by atoms with Gasteiger partial charge in [-0.05, 0) is 47.9 Å². The van der Waals surface area contributed by atoms with E-state index in [-0.39, 0.29) is 6.04 Å². The van der Waals surface area contributed by atoms with Crippen LogP contribution < -0.4 is 4.90 Å². The zero-order valence-electron chi connectivity index (χ0n) is 20.1. The number of halogens is 1. The molecule has 0 aliphatic carbocycles. The number of hydrogen-bond acceptors (Lipinski definition) is 5. The van der Waals surface area contributed by atoms with Crippen LogP contribution in [0.5, 0.6) is 0 Å². The predicted octanol–water partition coefficient (Wildman–Crippen LogP) is 5.69. The Balaban J connectivity index is 1.27. The van der Waals surface area contributed by atoms with E-state index in [2.05, 4.69) is 92.5 Å². The lowest BCUT2D eigenvalue weighted by Crippen LogP contribution is -2.48. The van der Waals surface area contributed by atoms with Gasteiger partial charge >= 0.3 is 0 Å². The molecule has 1 aliphatic rings. The highest BCUT2D eigenvalue weighted by molar-refractivity contribution is 6.30. The van der Waals surface area contributed by atoms with Crippen LogP contribution >= 0.6 is 11.6 Å². The number of piperazine rings is 1. The largest absolute Gasteiger partial charge is 0.353 e. The maximum Gasteiger partial charge on any atom is 0.168 e. The molecule has 1 aliphatic heterocycles. The Labute approximate surface area is 215 Å². The van der Waals surface area contributed by atoms with E-state index >= 15 is 0 Å². The highest BCUT2D eigenvalue weighted by Crippen LogP contribution is 2.32. The van der Waals surface area contributed by atoms with Gasteiger partial charge in [-0.3, -0.25) is 4.90 Å². The van der Waals surface area contributed by atoms with E-state index < -0.39 is 0 Å². The summed E-state index contributed by atoms with van der Waals surface area (Å²) in [5, 5.41) is 6.39. The minimum atomic E-state index is 0.181. The molecule has 36 heavy (non-hydrogen) atoms. The molecular weight excluding hydrogens is 468 g/mol. The van der Waals surface area contributed by atoms with Gasteiger partial charge in [-0.25, -0.2) is 14.6 Å². The molecule has 3 heterocycles. The summed E-state index contributed by atoms with van der Waals surface area (Å²) < 4.78 is 1.90. The monoisotopic (exact) mass is 494 g/mol. The van der Waals surface area contributed by atoms with Crippen molar-refractivity contribution in [2.45, 2.75) is 13.0 Å². The van der Waals surface area contributed by atoms with E-state index in [1.165, 1.54) is 16.7 Å². The van der Waals surface area contributed by atoms with Gasteiger partial charge in [-0.15, -0.1) is 0 Å². The Morgan fingerprint density at radius 3 is 2.31 bits per heavy atom. The molecule has 0 saturated carbocycles. The molecule has 0 unspecified atom stereocenters. The summed E-state index contributed by atoms with van der Waals surface area (Å²) in [6.07, 6.45) is 3.54. The van der Waals surface area contributed by atoms with Crippen molar-refractivity contribution in [3.05, 3.63) is 113 Å². The minimum Gasteiger partial charge on any atom is -0.353 e. The van der Waals surface area contributed by atoms with E-state index in [4.69, 9.17) is 11.6 Å². The molecule has 180 valence electrons. The number of rotatable bonds is 5. The molecule has 5 aromatic rings. The zero-order valence-corrected chi connectivity index (χ0v) is 20.9. The van der Waals surface area contributed by atoms with Gasteiger partial charge in [0.1, 0.15) is 12.1 Å². The summed E-state index contributed by atoms with van der Waals surface area (Å²) in [7, 11) is 0. The second kappa shape index (κ2) is 9.72. The summed E-state index contributed by atoms with van der Waals surface area (Å²) in [5.41, 5.74) is 5.57. The molecule has 0 bridgehead atoms. The Bertz CT molecular complexity index is 1470. The summed E-state index contributed by atoms with van der Waals surface area (Å²) in [5.74, 6) is 0.946. The smallest absolute Gasteiger partial charge is 0.168 e. The van der Waals surface area contributed by atoms with Gasteiger partial charge in [-0.1, -0.05) is 66.2 Å². The van der Waals surface area contributed by atoms with Crippen LogP contribution in [0.25, 0.3) is 16.7 Å². The van der Waals surface area contributed by atoms with Crippen molar-refractivity contribution < 1.29 is 0 Å². The van der Waals surface area contributed by atoms with Gasteiger partial charge in [0.25, 0.3) is 0 Å². The van der Waals surface area contributed by atoms with Crippen LogP contribution in [0.2, 0.25) is 5.02 Å². The number of hydrogen-bond donors (Lipinski definition) is 0. The average Bonchev–Trinajstić information content (AvgIpc) is 3.36. The van der Waals surface area contributed by atoms with Crippen molar-refractivity contribution in [2.75, 3.05) is 31.1 Å². The molecule has 6 rings (SSSR count). The highest BCUT2D eigenvalue weighted by atomic mass is 35.5. The fourth-order valence-electron chi connectivity index (χ4n) is 5.12. The SMILES string of the molecule is Cc1cccc(-n2ncc3c(N4CCN([C@H](c5ccccc5)c5ccc(Cl)cc5)CC4)ncnc32)c1. The second-order valence-corrected chi connectivity index (χ2v) is 9.65. The molecule has 1 saturated heterocycles. The first-order chi connectivity index (χ1) is 17.7. The van der Waals surface area contributed by atoms with E-state index in [1.54, 1.807) is 6.33 Å². The predicted molar refractivity (Wildman–Crippen MR) is 145 cm³/mol. The Morgan fingerprint density at radius 1 is 0.806 bits per heavy atom. The number of fused-ring (bicyclic) bond motifs is 1. The Kier molecular flexibility index (Phi) is 6.13. The quantitative estimate of drug-likeness (QED) is 0.314. The number of aryl methyl sites for hydroxylation is 1. The molecule has 0 spiro atoms. The van der Waals surface area contributed by atoms with E-state index in [0.29, 0.717) is 0 Å². The van der Waals surface area contributed by atoms with Crippen molar-refractivity contribution in [1.82, 2.24) is 24.6 Å². The van der Waals surface area contributed by atoms with Crippen LogP contribution in [0.1, 0.15) is 22.7 Å². The maximum atomic E-state index is 6.19. The van der Waals surface area contributed by atoms with Crippen molar-refractivity contribution >= 4 is 28.5 Å². The summed E-state index contributed by atoms with van der Waals surface area (Å²) in [4.78, 5) is 14.2. The van der Waals surface area contributed by atoms with Gasteiger partial charge in [0, 0.05) is 31.2 Å². The molecule has 0 amide bonds. The Morgan fingerprint density at radius 2 is 1.56 bits per heavy atom. The highest BCUT2D eigenvalue weighted by Gasteiger charge is 2.28. The van der Waals surface area contributed by atoms with E-state index in [9.17, 15) is 0 Å². The van der Waals surface area contributed by atoms with Crippen LogP contribution in [0.3, 0.4) is 0 Å². The van der Waals surface area contributed by atoms with Gasteiger partial charge in [0.05, 0.1) is 23.3 Å². The normalized spacial score (nSPS) is 15.3. The van der Waals surface area contributed by atoms with Gasteiger partial charge in [0.15, 0.2) is 5.65 Å². The molecule has 6 nitrogen and oxygen atoms in total. The molecule has 3 aromatic carbocycles. The van der Waals surface area contributed by atoms with Crippen molar-refractivity contribution in [2.24, 2.45) is 0 Å². The van der Waals surface area contributed by atoms with Crippen LogP contribution in [0.4, 0.5) is 5.82 Å². The average molecular weight is 495 g/mol. The minimum absolute atomic E-state index is 0.181. The number of nitrogens with zero attached hydrogens (tertiary/aromatic N) is 6. The van der Waals surface area contributed by atoms with Gasteiger partial charge in [-0.2, -0.15) is 5.10 Å². The van der Waals surface area contributed by atoms with Crippen molar-refractivity contribution in [1.29, 1.82) is 0 Å². The standard InChI is InChI=1S/C29H27ClN6/c1-21-6-5-9-25(18-21)36-29-26(19-33-36)28(31-20-32-29)35-16-14-34(15-17-35)27(22-7-3-2-4-8-22)23-10-12-24(30)13-11-23/h2-13,18-20,27H,14-17H2,1H3/t27-/m1/s1. The summed E-state index contributed by atoms with van der Waals surface area (Å²) in [6.45, 7) is 5.67. The van der Waals surface area contributed by atoms with Crippen LogP contribution in [0, 0.1) is 6.92 Å². The topological polar surface area (TPSA) is 50.1 Å². The third-order valence-corrected chi connectivity index (χ3v) is 7.12. The molecule has 2 aromatic heterocycles. The molecule has 1 atom stereocenters. The van der Waals surface area contributed by atoms with Gasteiger partial charge < -0.3 is 4.90 Å². The van der Waals surface area contributed by atoms with Crippen LogP contribution in [0.15, 0.2) is 91.4 Å². The first kappa shape index (κ1) is 22.7. The third-order valence-electron chi connectivity index (χ3n) is 6.87. The lowest BCUT2D eigenvalue weighted by Gasteiger charge is -2.40. The fraction of sp³-hybridized carbons (Fsp3) is 0.207. The number of aromatic nitrogens is 4.